The van der Waals surface area contributed by atoms with Gasteiger partial charge in [0.1, 0.15) is 0 Å². The molecule has 5 heteroatoms. The van der Waals surface area contributed by atoms with Crippen molar-refractivity contribution in [1.82, 2.24) is 0 Å². The topological polar surface area (TPSA) is 52.4 Å². The maximum Gasteiger partial charge on any atom is 0.334 e. The number of nitrogens with zero attached hydrogens (tertiary/aromatic N) is 1. The summed E-state index contributed by atoms with van der Waals surface area (Å²) in [5, 5.41) is 11.4. The van der Waals surface area contributed by atoms with Crippen molar-refractivity contribution in [3.63, 3.8) is 0 Å². The SMILES string of the molecule is O=[N+]([O-])C12CC3SC34C=C(CO1)C42. The van der Waals surface area contributed by atoms with Gasteiger partial charge in [0.2, 0.25) is 0 Å². The minimum Gasteiger partial charge on any atom is -0.310 e. The average Bonchev–Trinajstić information content (AvgIpc) is 2.51. The molecule has 0 N–H and O–H groups in total. The van der Waals surface area contributed by atoms with Gasteiger partial charge in [0.25, 0.3) is 0 Å². The molecule has 4 unspecified atom stereocenters. The Kier molecular flexibility index (Phi) is 0.813. The van der Waals surface area contributed by atoms with Crippen LogP contribution in [-0.2, 0) is 4.74 Å². The van der Waals surface area contributed by atoms with E-state index in [1.54, 1.807) is 0 Å². The lowest BCUT2D eigenvalue weighted by Gasteiger charge is -2.30. The number of hydrogen-bond donors (Lipinski definition) is 0. The van der Waals surface area contributed by atoms with Crippen LogP contribution in [0.3, 0.4) is 0 Å². The molecule has 1 saturated carbocycles. The van der Waals surface area contributed by atoms with E-state index in [4.69, 9.17) is 4.74 Å². The molecule has 0 bridgehead atoms. The fraction of sp³-hybridized carbons (Fsp3) is 0.750. The van der Waals surface area contributed by atoms with Gasteiger partial charge in [0.15, 0.2) is 0 Å². The first-order valence-corrected chi connectivity index (χ1v) is 5.25. The Morgan fingerprint density at radius 1 is 1.77 bits per heavy atom. The second-order valence-corrected chi connectivity index (χ2v) is 5.72. The molecule has 2 aliphatic heterocycles. The van der Waals surface area contributed by atoms with Gasteiger partial charge in [0.05, 0.1) is 28.6 Å². The molecule has 13 heavy (non-hydrogen) atoms. The monoisotopic (exact) mass is 197 g/mol. The van der Waals surface area contributed by atoms with Crippen molar-refractivity contribution >= 4 is 11.8 Å². The van der Waals surface area contributed by atoms with Crippen LogP contribution < -0.4 is 0 Å². The molecule has 0 aromatic heterocycles. The smallest absolute Gasteiger partial charge is 0.310 e. The van der Waals surface area contributed by atoms with E-state index < -0.39 is 5.72 Å². The molecule has 0 aromatic carbocycles. The Bertz CT molecular complexity index is 382. The van der Waals surface area contributed by atoms with E-state index in [1.807, 2.05) is 11.8 Å². The number of thioether (sulfide) groups is 1. The number of nitro groups is 1. The first-order chi connectivity index (χ1) is 6.19. The molecule has 4 aliphatic rings. The van der Waals surface area contributed by atoms with Gasteiger partial charge in [-0.25, -0.2) is 0 Å². The van der Waals surface area contributed by atoms with Crippen molar-refractivity contribution in [2.45, 2.75) is 22.1 Å². The standard InChI is InChI=1S/C8H7NO3S/c10-9(11)8-2-5-7(13-5)1-4(3-12-8)6(7)8/h1,5-6H,2-3H2. The van der Waals surface area contributed by atoms with Crippen LogP contribution in [0.5, 0.6) is 0 Å². The Labute approximate surface area is 78.5 Å². The molecule has 2 aliphatic carbocycles. The van der Waals surface area contributed by atoms with Crippen molar-refractivity contribution < 1.29 is 9.66 Å². The van der Waals surface area contributed by atoms with Crippen LogP contribution in [0, 0.1) is 16.0 Å². The fourth-order valence-electron chi connectivity index (χ4n) is 3.18. The van der Waals surface area contributed by atoms with Gasteiger partial charge in [-0.2, -0.15) is 0 Å². The highest BCUT2D eigenvalue weighted by Gasteiger charge is 2.85. The fourth-order valence-corrected chi connectivity index (χ4v) is 4.90. The van der Waals surface area contributed by atoms with E-state index in [0.29, 0.717) is 18.3 Å². The van der Waals surface area contributed by atoms with E-state index in [-0.39, 0.29) is 15.6 Å². The van der Waals surface area contributed by atoms with Gasteiger partial charge >= 0.3 is 5.72 Å². The van der Waals surface area contributed by atoms with E-state index >= 15 is 0 Å². The third-order valence-electron chi connectivity index (χ3n) is 3.75. The highest BCUT2D eigenvalue weighted by molar-refractivity contribution is 8.09. The van der Waals surface area contributed by atoms with Crippen molar-refractivity contribution in [3.05, 3.63) is 21.8 Å². The van der Waals surface area contributed by atoms with Crippen LogP contribution >= 0.6 is 11.8 Å². The first-order valence-electron chi connectivity index (χ1n) is 4.37. The molecule has 1 spiro atoms. The van der Waals surface area contributed by atoms with Gasteiger partial charge in [-0.15, -0.1) is 11.8 Å². The lowest BCUT2D eigenvalue weighted by Crippen LogP contribution is -2.46. The van der Waals surface area contributed by atoms with Crippen LogP contribution in [0.25, 0.3) is 0 Å². The number of hydrogen-bond acceptors (Lipinski definition) is 4. The van der Waals surface area contributed by atoms with Crippen LogP contribution in [-0.4, -0.2) is 27.3 Å². The van der Waals surface area contributed by atoms with Crippen LogP contribution in [0.1, 0.15) is 6.42 Å². The highest BCUT2D eigenvalue weighted by Crippen LogP contribution is 2.78. The Balaban J connectivity index is 1.92. The molecule has 2 heterocycles. The summed E-state index contributed by atoms with van der Waals surface area (Å²) in [4.78, 5) is 10.8. The van der Waals surface area contributed by atoms with Crippen LogP contribution in [0.4, 0.5) is 0 Å². The summed E-state index contributed by atoms with van der Waals surface area (Å²) in [6, 6.07) is 0. The van der Waals surface area contributed by atoms with Gasteiger partial charge in [-0.3, -0.25) is 10.1 Å². The summed E-state index contributed by atoms with van der Waals surface area (Å²) in [6.07, 6.45) is 2.81. The van der Waals surface area contributed by atoms with E-state index in [1.165, 1.54) is 5.57 Å². The average molecular weight is 197 g/mol. The highest BCUT2D eigenvalue weighted by atomic mass is 32.2. The molecule has 68 valence electrons. The minimum atomic E-state index is -1.03. The Morgan fingerprint density at radius 3 is 3.31 bits per heavy atom. The van der Waals surface area contributed by atoms with Crippen molar-refractivity contribution in [2.24, 2.45) is 5.92 Å². The zero-order valence-corrected chi connectivity index (χ0v) is 7.54. The summed E-state index contributed by atoms with van der Waals surface area (Å²) >= 11 is 1.88. The first kappa shape index (κ1) is 6.84. The predicted octanol–water partition coefficient (Wildman–Crippen LogP) is 0.804. The molecule has 3 fully saturated rings. The summed E-state index contributed by atoms with van der Waals surface area (Å²) in [6.45, 7) is 0.487. The second-order valence-electron chi connectivity index (χ2n) is 4.21. The maximum atomic E-state index is 11.0. The maximum absolute atomic E-state index is 11.0. The zero-order valence-electron chi connectivity index (χ0n) is 6.73. The molecule has 4 atom stereocenters. The lowest BCUT2D eigenvalue weighted by atomic mass is 9.76. The third-order valence-corrected chi connectivity index (χ3v) is 5.39. The van der Waals surface area contributed by atoms with Crippen molar-refractivity contribution in [1.29, 1.82) is 0 Å². The van der Waals surface area contributed by atoms with E-state index in [9.17, 15) is 10.1 Å². The van der Waals surface area contributed by atoms with E-state index in [0.717, 1.165) is 0 Å². The van der Waals surface area contributed by atoms with Crippen molar-refractivity contribution in [3.8, 4) is 0 Å². The largest absolute Gasteiger partial charge is 0.334 e. The molecule has 0 amide bonds. The number of rotatable bonds is 1. The molecule has 4 rings (SSSR count). The van der Waals surface area contributed by atoms with Gasteiger partial charge in [0, 0.05) is 5.25 Å². The van der Waals surface area contributed by atoms with Crippen LogP contribution in [0.15, 0.2) is 11.6 Å². The lowest BCUT2D eigenvalue weighted by molar-refractivity contribution is -0.628. The minimum absolute atomic E-state index is 0.102. The molecule has 2 saturated heterocycles. The summed E-state index contributed by atoms with van der Waals surface area (Å²) in [5.41, 5.74) is 0.143. The molecule has 0 radical (unpaired) electrons. The van der Waals surface area contributed by atoms with Gasteiger partial charge < -0.3 is 4.74 Å². The van der Waals surface area contributed by atoms with E-state index in [2.05, 4.69) is 6.08 Å². The normalized spacial score (nSPS) is 59.2. The second kappa shape index (κ2) is 1.54. The van der Waals surface area contributed by atoms with Crippen molar-refractivity contribution in [2.75, 3.05) is 6.61 Å². The molecular weight excluding hydrogens is 190 g/mol. The summed E-state index contributed by atoms with van der Waals surface area (Å²) in [5.74, 6) is 0.102. The Hall–Kier alpha value is -0.550. The van der Waals surface area contributed by atoms with Gasteiger partial charge in [-0.1, -0.05) is 6.08 Å². The predicted molar refractivity (Wildman–Crippen MR) is 46.0 cm³/mol. The summed E-state index contributed by atoms with van der Waals surface area (Å²) < 4.78 is 5.53. The van der Waals surface area contributed by atoms with Crippen LogP contribution in [0.2, 0.25) is 0 Å². The quantitative estimate of drug-likeness (QED) is 0.270. The zero-order chi connectivity index (χ0) is 8.84. The molecule has 0 aromatic rings. The van der Waals surface area contributed by atoms with Gasteiger partial charge in [-0.05, 0) is 5.57 Å². The Morgan fingerprint density at radius 2 is 2.62 bits per heavy atom. The molecular formula is C8H7NO3S. The summed E-state index contributed by atoms with van der Waals surface area (Å²) in [7, 11) is 0. The molecule has 4 nitrogen and oxygen atoms in total. The number of ether oxygens (including phenoxy) is 1. The third kappa shape index (κ3) is 0.474.